The molecule has 186 valence electrons. The molecule has 0 radical (unpaired) electrons. The van der Waals surface area contributed by atoms with Crippen molar-refractivity contribution in [3.8, 4) is 0 Å². The third kappa shape index (κ3) is 7.33. The van der Waals surface area contributed by atoms with Gasteiger partial charge in [-0.25, -0.2) is 13.8 Å². The van der Waals surface area contributed by atoms with Gasteiger partial charge in [-0.2, -0.15) is 0 Å². The van der Waals surface area contributed by atoms with Crippen molar-refractivity contribution >= 4 is 17.6 Å². The van der Waals surface area contributed by atoms with Gasteiger partial charge in [-0.3, -0.25) is 14.5 Å². The Morgan fingerprint density at radius 3 is 2.50 bits per heavy atom. The van der Waals surface area contributed by atoms with Crippen LogP contribution in [-0.2, 0) is 26.3 Å². The molecule has 0 unspecified atom stereocenters. The highest BCUT2D eigenvalue weighted by Crippen LogP contribution is 2.20. The first kappa shape index (κ1) is 25.8. The molecular weight excluding hydrogens is 444 g/mol. The SMILES string of the molecule is CCC[C@H](NC(=O)Cc1cc(F)cc(F)c1)C(=O)Nc1cn(C(C)(C)CN2CCOCC2)cn1. The number of hydrogen-bond donors (Lipinski definition) is 2. The molecule has 2 heterocycles. The number of nitrogens with one attached hydrogen (secondary N) is 2. The van der Waals surface area contributed by atoms with Gasteiger partial charge in [0.05, 0.1) is 31.5 Å². The van der Waals surface area contributed by atoms with E-state index in [2.05, 4.69) is 34.4 Å². The summed E-state index contributed by atoms with van der Waals surface area (Å²) in [5, 5.41) is 5.44. The lowest BCUT2D eigenvalue weighted by Crippen LogP contribution is -2.45. The molecule has 1 atom stereocenters. The van der Waals surface area contributed by atoms with E-state index < -0.39 is 29.5 Å². The van der Waals surface area contributed by atoms with Crippen LogP contribution in [0.25, 0.3) is 0 Å². The Morgan fingerprint density at radius 1 is 1.18 bits per heavy atom. The van der Waals surface area contributed by atoms with Crippen molar-refractivity contribution in [2.24, 2.45) is 0 Å². The summed E-state index contributed by atoms with van der Waals surface area (Å²) in [5.41, 5.74) is -0.0446. The smallest absolute Gasteiger partial charge is 0.248 e. The lowest BCUT2D eigenvalue weighted by molar-refractivity contribution is -0.126. The van der Waals surface area contributed by atoms with Crippen molar-refractivity contribution in [2.75, 3.05) is 38.2 Å². The summed E-state index contributed by atoms with van der Waals surface area (Å²) < 4.78 is 34.2. The monoisotopic (exact) mass is 477 g/mol. The number of rotatable bonds is 10. The fourth-order valence-electron chi connectivity index (χ4n) is 4.02. The van der Waals surface area contributed by atoms with E-state index in [1.807, 2.05) is 11.5 Å². The zero-order chi connectivity index (χ0) is 24.7. The number of morpholine rings is 1. The van der Waals surface area contributed by atoms with E-state index >= 15 is 0 Å². The standard InChI is InChI=1S/C24H33F2N5O3/c1-4-5-20(28-22(32)12-17-10-18(25)13-19(26)11-17)23(33)29-21-14-31(16-27-21)24(2,3)15-30-6-8-34-9-7-30/h10-11,13-14,16,20H,4-9,12,15H2,1-3H3,(H,28,32)(H,29,33)/t20-/m0/s1. The molecule has 1 aromatic carbocycles. The van der Waals surface area contributed by atoms with Gasteiger partial charge in [0.1, 0.15) is 17.7 Å². The second-order valence-electron chi connectivity index (χ2n) is 9.22. The zero-order valence-electron chi connectivity index (χ0n) is 19.9. The van der Waals surface area contributed by atoms with Crippen LogP contribution in [0.15, 0.2) is 30.7 Å². The molecule has 2 N–H and O–H groups in total. The number of nitrogens with zero attached hydrogens (tertiary/aromatic N) is 3. The van der Waals surface area contributed by atoms with Crippen molar-refractivity contribution in [2.45, 2.75) is 51.6 Å². The fourth-order valence-corrected chi connectivity index (χ4v) is 4.02. The molecule has 34 heavy (non-hydrogen) atoms. The van der Waals surface area contributed by atoms with E-state index in [1.54, 1.807) is 12.5 Å². The lowest BCUT2D eigenvalue weighted by Gasteiger charge is -2.35. The number of hydrogen-bond acceptors (Lipinski definition) is 5. The molecule has 1 aliphatic heterocycles. The molecule has 1 aliphatic rings. The average molecular weight is 478 g/mol. The maximum atomic E-state index is 13.4. The molecule has 0 bridgehead atoms. The fraction of sp³-hybridized carbons (Fsp3) is 0.542. The molecule has 10 heteroatoms. The molecule has 0 aliphatic carbocycles. The highest BCUT2D eigenvalue weighted by molar-refractivity contribution is 5.96. The molecule has 3 rings (SSSR count). The van der Waals surface area contributed by atoms with Crippen molar-refractivity contribution in [1.29, 1.82) is 0 Å². The van der Waals surface area contributed by atoms with Gasteiger partial charge in [0.25, 0.3) is 0 Å². The van der Waals surface area contributed by atoms with Crippen LogP contribution in [0.2, 0.25) is 0 Å². The molecule has 0 saturated carbocycles. The number of aromatic nitrogens is 2. The second-order valence-corrected chi connectivity index (χ2v) is 9.22. The third-order valence-corrected chi connectivity index (χ3v) is 5.76. The van der Waals surface area contributed by atoms with E-state index in [9.17, 15) is 18.4 Å². The Kier molecular flexibility index (Phi) is 8.73. The molecular formula is C24H33F2N5O3. The summed E-state index contributed by atoms with van der Waals surface area (Å²) in [6, 6.07) is 2.16. The number of amides is 2. The minimum absolute atomic E-state index is 0.201. The van der Waals surface area contributed by atoms with Gasteiger partial charge in [-0.15, -0.1) is 0 Å². The molecule has 8 nitrogen and oxygen atoms in total. The van der Waals surface area contributed by atoms with Crippen molar-refractivity contribution in [3.63, 3.8) is 0 Å². The van der Waals surface area contributed by atoms with Gasteiger partial charge in [0.2, 0.25) is 11.8 Å². The Bertz CT molecular complexity index is 968. The number of carbonyl (C=O) groups is 2. The summed E-state index contributed by atoms with van der Waals surface area (Å²) in [6.07, 6.45) is 4.31. The number of anilines is 1. The quantitative estimate of drug-likeness (QED) is 0.549. The van der Waals surface area contributed by atoms with Gasteiger partial charge in [-0.05, 0) is 38.0 Å². The molecule has 0 spiro atoms. The summed E-state index contributed by atoms with van der Waals surface area (Å²) in [6.45, 7) is 10.1. The average Bonchev–Trinajstić information content (AvgIpc) is 3.22. The largest absolute Gasteiger partial charge is 0.379 e. The third-order valence-electron chi connectivity index (χ3n) is 5.76. The van der Waals surface area contributed by atoms with Crippen molar-refractivity contribution < 1.29 is 23.1 Å². The lowest BCUT2D eigenvalue weighted by atomic mass is 10.0. The van der Waals surface area contributed by atoms with E-state index in [0.29, 0.717) is 18.7 Å². The van der Waals surface area contributed by atoms with Gasteiger partial charge >= 0.3 is 0 Å². The summed E-state index contributed by atoms with van der Waals surface area (Å²) >= 11 is 0. The minimum atomic E-state index is -0.789. The van der Waals surface area contributed by atoms with Crippen LogP contribution in [0.5, 0.6) is 0 Å². The molecule has 2 aromatic rings. The van der Waals surface area contributed by atoms with Crippen LogP contribution >= 0.6 is 0 Å². The van der Waals surface area contributed by atoms with Gasteiger partial charge in [0.15, 0.2) is 5.82 Å². The molecule has 1 fully saturated rings. The molecule has 1 aromatic heterocycles. The number of imidazole rings is 1. The minimum Gasteiger partial charge on any atom is -0.379 e. The van der Waals surface area contributed by atoms with Crippen LogP contribution in [0.4, 0.5) is 14.6 Å². The second kappa shape index (κ2) is 11.5. The normalized spacial score (nSPS) is 15.7. The Hall–Kier alpha value is -2.85. The van der Waals surface area contributed by atoms with Gasteiger partial charge in [-0.1, -0.05) is 13.3 Å². The van der Waals surface area contributed by atoms with Crippen LogP contribution < -0.4 is 10.6 Å². The van der Waals surface area contributed by atoms with Crippen LogP contribution in [0.1, 0.15) is 39.2 Å². The van der Waals surface area contributed by atoms with E-state index in [4.69, 9.17) is 4.74 Å². The maximum Gasteiger partial charge on any atom is 0.248 e. The number of halogens is 2. The maximum absolute atomic E-state index is 13.4. The first-order valence-electron chi connectivity index (χ1n) is 11.6. The van der Waals surface area contributed by atoms with Gasteiger partial charge < -0.3 is 19.9 Å². The topological polar surface area (TPSA) is 88.5 Å². The number of carbonyl (C=O) groups excluding carboxylic acids is 2. The highest BCUT2D eigenvalue weighted by atomic mass is 19.1. The summed E-state index contributed by atoms with van der Waals surface area (Å²) in [4.78, 5) is 31.9. The summed E-state index contributed by atoms with van der Waals surface area (Å²) in [5.74, 6) is -1.99. The summed E-state index contributed by atoms with van der Waals surface area (Å²) in [7, 11) is 0. The zero-order valence-corrected chi connectivity index (χ0v) is 19.9. The number of benzene rings is 1. The van der Waals surface area contributed by atoms with Crippen LogP contribution in [0, 0.1) is 11.6 Å². The van der Waals surface area contributed by atoms with Crippen molar-refractivity contribution in [1.82, 2.24) is 19.8 Å². The predicted molar refractivity (Wildman–Crippen MR) is 124 cm³/mol. The van der Waals surface area contributed by atoms with E-state index in [1.165, 1.54) is 0 Å². The van der Waals surface area contributed by atoms with Crippen LogP contribution in [-0.4, -0.2) is 65.2 Å². The van der Waals surface area contributed by atoms with Gasteiger partial charge in [0, 0.05) is 31.9 Å². The highest BCUT2D eigenvalue weighted by Gasteiger charge is 2.26. The predicted octanol–water partition coefficient (Wildman–Crippen LogP) is 2.69. The Labute approximate surface area is 198 Å². The first-order chi connectivity index (χ1) is 16.2. The van der Waals surface area contributed by atoms with E-state index in [-0.39, 0.29) is 17.5 Å². The van der Waals surface area contributed by atoms with E-state index in [0.717, 1.165) is 51.0 Å². The molecule has 2 amide bonds. The van der Waals surface area contributed by atoms with Crippen LogP contribution in [0.3, 0.4) is 0 Å². The number of ether oxygens (including phenoxy) is 1. The first-order valence-corrected chi connectivity index (χ1v) is 11.6. The molecule has 1 saturated heterocycles. The van der Waals surface area contributed by atoms with Crippen molar-refractivity contribution in [3.05, 3.63) is 47.9 Å². The Balaban J connectivity index is 1.59. The Morgan fingerprint density at radius 2 is 1.85 bits per heavy atom.